The standard InChI is InChI=1S/C28H29N5O2/c1-4-21-20(28(3)10-12-35-16-28)6-8-24(31-21)32-22-7-5-18(19-14-30-27(34)26(19)22)23-15-29-25-13-17(2)9-11-33(23)25/h5-9,11,13,15H,4,10,12,14,16H2,1-3H3,(H,30,34)(H,31,32)/t28-/m1/s1. The van der Waals surface area contributed by atoms with Gasteiger partial charge in [-0.05, 0) is 60.7 Å². The van der Waals surface area contributed by atoms with E-state index in [0.29, 0.717) is 12.1 Å². The molecule has 0 unspecified atom stereocenters. The Hall–Kier alpha value is -3.71. The van der Waals surface area contributed by atoms with Crippen molar-refractivity contribution < 1.29 is 9.53 Å². The van der Waals surface area contributed by atoms with Gasteiger partial charge in [-0.15, -0.1) is 0 Å². The van der Waals surface area contributed by atoms with E-state index in [-0.39, 0.29) is 11.3 Å². The van der Waals surface area contributed by atoms with Crippen LogP contribution in [0.1, 0.15) is 53.0 Å². The van der Waals surface area contributed by atoms with Crippen molar-refractivity contribution in [3.63, 3.8) is 0 Å². The molecule has 1 atom stereocenters. The number of nitrogens with zero attached hydrogens (tertiary/aromatic N) is 3. The molecule has 7 nitrogen and oxygen atoms in total. The van der Waals surface area contributed by atoms with Gasteiger partial charge in [0.1, 0.15) is 11.5 Å². The topological polar surface area (TPSA) is 80.5 Å². The summed E-state index contributed by atoms with van der Waals surface area (Å²) in [6.07, 6.45) is 5.75. The van der Waals surface area contributed by atoms with Crippen LogP contribution in [0.15, 0.2) is 48.8 Å². The summed E-state index contributed by atoms with van der Waals surface area (Å²) in [7, 11) is 0. The van der Waals surface area contributed by atoms with Crippen LogP contribution in [0, 0.1) is 6.92 Å². The highest BCUT2D eigenvalue weighted by Crippen LogP contribution is 2.37. The number of hydrogen-bond donors (Lipinski definition) is 2. The van der Waals surface area contributed by atoms with Crippen LogP contribution in [0.3, 0.4) is 0 Å². The van der Waals surface area contributed by atoms with Crippen LogP contribution in [0.2, 0.25) is 0 Å². The molecule has 2 aliphatic heterocycles. The summed E-state index contributed by atoms with van der Waals surface area (Å²) >= 11 is 0. The molecule has 35 heavy (non-hydrogen) atoms. The molecule has 0 radical (unpaired) electrons. The Morgan fingerprint density at radius 2 is 2.11 bits per heavy atom. The van der Waals surface area contributed by atoms with Crippen LogP contribution in [0.25, 0.3) is 16.9 Å². The third-order valence-corrected chi connectivity index (χ3v) is 7.35. The molecule has 1 saturated heterocycles. The van der Waals surface area contributed by atoms with Crippen molar-refractivity contribution in [2.75, 3.05) is 18.5 Å². The number of aryl methyl sites for hydroxylation is 2. The van der Waals surface area contributed by atoms with E-state index in [1.54, 1.807) is 0 Å². The number of pyridine rings is 2. The van der Waals surface area contributed by atoms with Crippen molar-refractivity contribution in [2.45, 2.75) is 45.6 Å². The largest absolute Gasteiger partial charge is 0.380 e. The lowest BCUT2D eigenvalue weighted by molar-refractivity contribution is 0.0966. The van der Waals surface area contributed by atoms with Gasteiger partial charge in [0.15, 0.2) is 0 Å². The number of nitrogens with one attached hydrogen (secondary N) is 2. The molecule has 0 bridgehead atoms. The molecule has 1 aromatic carbocycles. The zero-order valence-electron chi connectivity index (χ0n) is 20.3. The minimum Gasteiger partial charge on any atom is -0.380 e. The lowest BCUT2D eigenvalue weighted by Gasteiger charge is -2.25. The Morgan fingerprint density at radius 3 is 2.91 bits per heavy atom. The third-order valence-electron chi connectivity index (χ3n) is 7.35. The highest BCUT2D eigenvalue weighted by Gasteiger charge is 2.34. The van der Waals surface area contributed by atoms with E-state index < -0.39 is 0 Å². The predicted molar refractivity (Wildman–Crippen MR) is 136 cm³/mol. The number of ether oxygens (including phenoxy) is 1. The zero-order chi connectivity index (χ0) is 24.2. The Morgan fingerprint density at radius 1 is 1.23 bits per heavy atom. The van der Waals surface area contributed by atoms with Crippen molar-refractivity contribution in [3.8, 4) is 11.3 Å². The number of carbonyl (C=O) groups excluding carboxylic acids is 1. The molecule has 1 amide bonds. The second kappa shape index (κ2) is 8.20. The van der Waals surface area contributed by atoms with E-state index in [4.69, 9.17) is 9.72 Å². The van der Waals surface area contributed by atoms with Crippen molar-refractivity contribution in [1.82, 2.24) is 19.7 Å². The predicted octanol–water partition coefficient (Wildman–Crippen LogP) is 4.93. The molecule has 7 heteroatoms. The van der Waals surface area contributed by atoms with Gasteiger partial charge in [0.2, 0.25) is 0 Å². The summed E-state index contributed by atoms with van der Waals surface area (Å²) in [5, 5.41) is 6.43. The number of benzene rings is 1. The molecule has 0 aliphatic carbocycles. The number of anilines is 2. The molecule has 2 N–H and O–H groups in total. The van der Waals surface area contributed by atoms with Crippen molar-refractivity contribution in [1.29, 1.82) is 0 Å². The highest BCUT2D eigenvalue weighted by molar-refractivity contribution is 6.06. The Kier molecular flexibility index (Phi) is 5.11. The molecule has 4 aromatic rings. The molecule has 2 aliphatic rings. The number of fused-ring (bicyclic) bond motifs is 2. The van der Waals surface area contributed by atoms with Crippen LogP contribution in [-0.4, -0.2) is 33.5 Å². The van der Waals surface area contributed by atoms with Crippen LogP contribution < -0.4 is 10.6 Å². The van der Waals surface area contributed by atoms with Gasteiger partial charge < -0.3 is 15.4 Å². The summed E-state index contributed by atoms with van der Waals surface area (Å²) < 4.78 is 7.75. The van der Waals surface area contributed by atoms with Crippen LogP contribution in [0.5, 0.6) is 0 Å². The normalized spacial score (nSPS) is 19.2. The lowest BCUT2D eigenvalue weighted by atomic mass is 9.80. The molecule has 3 aromatic heterocycles. The smallest absolute Gasteiger partial charge is 0.254 e. The van der Waals surface area contributed by atoms with Gasteiger partial charge >= 0.3 is 0 Å². The van der Waals surface area contributed by atoms with Gasteiger partial charge in [-0.3, -0.25) is 9.20 Å². The van der Waals surface area contributed by atoms with E-state index in [1.165, 1.54) is 5.56 Å². The zero-order valence-corrected chi connectivity index (χ0v) is 20.3. The minimum absolute atomic E-state index is 0.00616. The fourth-order valence-corrected chi connectivity index (χ4v) is 5.38. The summed E-state index contributed by atoms with van der Waals surface area (Å²) in [6.45, 7) is 8.45. The minimum atomic E-state index is -0.0723. The quantitative estimate of drug-likeness (QED) is 0.435. The maximum atomic E-state index is 12.9. The number of rotatable bonds is 5. The van der Waals surface area contributed by atoms with E-state index in [0.717, 1.165) is 71.3 Å². The summed E-state index contributed by atoms with van der Waals surface area (Å²) in [5.74, 6) is 0.671. The van der Waals surface area contributed by atoms with Crippen LogP contribution in [-0.2, 0) is 23.1 Å². The molecule has 1 fully saturated rings. The second-order valence-corrected chi connectivity index (χ2v) is 9.81. The van der Waals surface area contributed by atoms with E-state index in [9.17, 15) is 4.79 Å². The number of aromatic nitrogens is 3. The average Bonchev–Trinajstić information content (AvgIpc) is 3.58. The summed E-state index contributed by atoms with van der Waals surface area (Å²) in [5.41, 5.74) is 8.78. The second-order valence-electron chi connectivity index (χ2n) is 9.81. The molecule has 0 saturated carbocycles. The first-order valence-corrected chi connectivity index (χ1v) is 12.2. The number of carbonyl (C=O) groups is 1. The van der Waals surface area contributed by atoms with Crippen LogP contribution >= 0.6 is 0 Å². The van der Waals surface area contributed by atoms with Gasteiger partial charge in [0.25, 0.3) is 5.91 Å². The first-order valence-electron chi connectivity index (χ1n) is 12.2. The molecule has 178 valence electrons. The number of amides is 1. The van der Waals surface area contributed by atoms with Gasteiger partial charge in [-0.2, -0.15) is 0 Å². The van der Waals surface area contributed by atoms with Crippen molar-refractivity contribution in [2.24, 2.45) is 0 Å². The average molecular weight is 468 g/mol. The molecular formula is C28H29N5O2. The first-order chi connectivity index (χ1) is 17.0. The molecule has 0 spiro atoms. The van der Waals surface area contributed by atoms with Crippen molar-refractivity contribution in [3.05, 3.63) is 76.7 Å². The number of imidazole rings is 1. The third kappa shape index (κ3) is 3.58. The lowest BCUT2D eigenvalue weighted by Crippen LogP contribution is -2.24. The van der Waals surface area contributed by atoms with Gasteiger partial charge in [0.05, 0.1) is 29.7 Å². The Bertz CT molecular complexity index is 1470. The Balaban J connectivity index is 1.39. The Labute approximate surface area is 204 Å². The molecule has 6 rings (SSSR count). The van der Waals surface area contributed by atoms with Gasteiger partial charge in [-0.1, -0.05) is 26.0 Å². The SMILES string of the molecule is CCc1nc(Nc2ccc(-c3cnc4cc(C)ccn34)c3c2C(=O)NC3)ccc1[C@]1(C)CCOC1. The molecular weight excluding hydrogens is 438 g/mol. The fraction of sp³-hybridized carbons (Fsp3) is 0.321. The van der Waals surface area contributed by atoms with Crippen molar-refractivity contribution >= 4 is 23.1 Å². The summed E-state index contributed by atoms with van der Waals surface area (Å²) in [6, 6.07) is 12.3. The van der Waals surface area contributed by atoms with E-state index in [1.807, 2.05) is 24.5 Å². The molecule has 5 heterocycles. The van der Waals surface area contributed by atoms with E-state index >= 15 is 0 Å². The van der Waals surface area contributed by atoms with Crippen LogP contribution in [0.4, 0.5) is 11.5 Å². The van der Waals surface area contributed by atoms with E-state index in [2.05, 4.69) is 65.1 Å². The fourth-order valence-electron chi connectivity index (χ4n) is 5.38. The first kappa shape index (κ1) is 21.8. The van der Waals surface area contributed by atoms with Gasteiger partial charge in [-0.25, -0.2) is 9.97 Å². The maximum Gasteiger partial charge on any atom is 0.254 e. The number of hydrogen-bond acceptors (Lipinski definition) is 5. The summed E-state index contributed by atoms with van der Waals surface area (Å²) in [4.78, 5) is 22.4. The highest BCUT2D eigenvalue weighted by atomic mass is 16.5. The maximum absolute atomic E-state index is 12.9. The monoisotopic (exact) mass is 467 g/mol. The van der Waals surface area contributed by atoms with Gasteiger partial charge in [0, 0.05) is 36.0 Å².